The molecule has 2 N–H and O–H groups in total. The van der Waals surface area contributed by atoms with E-state index in [0.717, 1.165) is 47.0 Å². The predicted octanol–water partition coefficient (Wildman–Crippen LogP) is 1.29. The van der Waals surface area contributed by atoms with Crippen molar-refractivity contribution >= 4 is 17.6 Å². The summed E-state index contributed by atoms with van der Waals surface area (Å²) in [6, 6.07) is 9.85. The predicted molar refractivity (Wildman–Crippen MR) is 107 cm³/mol. The molecule has 1 saturated heterocycles. The van der Waals surface area contributed by atoms with Gasteiger partial charge in [-0.3, -0.25) is 9.59 Å². The van der Waals surface area contributed by atoms with Gasteiger partial charge in [-0.2, -0.15) is 5.10 Å². The monoisotopic (exact) mass is 385 g/mol. The second kappa shape index (κ2) is 9.01. The van der Waals surface area contributed by atoms with Crippen molar-refractivity contribution in [2.45, 2.75) is 33.6 Å². The smallest absolute Gasteiger partial charge is 0.314 e. The number of likely N-dealkylation sites (tertiary alicyclic amines) is 1. The zero-order chi connectivity index (χ0) is 20.1. The quantitative estimate of drug-likeness (QED) is 0.735. The standard InChI is InChI=1S/C21H28N4O3/c1-4-28-21(27)17-9-8-12-24(13-17)14-19(26)22-20-15(2)23-25(16(20)3)18-10-6-5-7-11-18/h5-7,10-11,17H,4,8-9,12-14H2,1-3H3,(H,22,26)/p+1/t17-/m1/s1. The fourth-order valence-corrected chi connectivity index (χ4v) is 3.83. The molecule has 2 aromatic rings. The van der Waals surface area contributed by atoms with Gasteiger partial charge in [0.25, 0.3) is 5.91 Å². The molecule has 1 aliphatic rings. The summed E-state index contributed by atoms with van der Waals surface area (Å²) >= 11 is 0. The number of para-hydroxylation sites is 1. The molecule has 1 amide bonds. The topological polar surface area (TPSA) is 77.7 Å². The third kappa shape index (κ3) is 4.59. The fraction of sp³-hybridized carbons (Fsp3) is 0.476. The van der Waals surface area contributed by atoms with Crippen molar-refractivity contribution in [1.29, 1.82) is 0 Å². The van der Waals surface area contributed by atoms with E-state index in [2.05, 4.69) is 10.4 Å². The van der Waals surface area contributed by atoms with Crippen LogP contribution in [-0.4, -0.2) is 47.9 Å². The molecule has 3 rings (SSSR count). The molecular weight excluding hydrogens is 356 g/mol. The molecule has 150 valence electrons. The van der Waals surface area contributed by atoms with Crippen LogP contribution in [0.3, 0.4) is 0 Å². The lowest BCUT2D eigenvalue weighted by molar-refractivity contribution is -0.899. The van der Waals surface area contributed by atoms with Gasteiger partial charge in [-0.25, -0.2) is 4.68 Å². The number of aryl methyl sites for hydroxylation is 1. The van der Waals surface area contributed by atoms with E-state index in [1.807, 2.05) is 55.8 Å². The van der Waals surface area contributed by atoms with E-state index in [1.165, 1.54) is 0 Å². The van der Waals surface area contributed by atoms with Gasteiger partial charge >= 0.3 is 5.97 Å². The molecule has 0 spiro atoms. The molecule has 0 saturated carbocycles. The fourth-order valence-electron chi connectivity index (χ4n) is 3.83. The van der Waals surface area contributed by atoms with Crippen LogP contribution in [0.5, 0.6) is 0 Å². The van der Waals surface area contributed by atoms with Crippen molar-refractivity contribution in [1.82, 2.24) is 9.78 Å². The zero-order valence-electron chi connectivity index (χ0n) is 16.8. The van der Waals surface area contributed by atoms with Crippen LogP contribution in [-0.2, 0) is 14.3 Å². The van der Waals surface area contributed by atoms with Crippen LogP contribution in [0.2, 0.25) is 0 Å². The summed E-state index contributed by atoms with van der Waals surface area (Å²) in [4.78, 5) is 25.8. The lowest BCUT2D eigenvalue weighted by Crippen LogP contribution is -3.14. The summed E-state index contributed by atoms with van der Waals surface area (Å²) in [5, 5.41) is 7.60. The van der Waals surface area contributed by atoms with Gasteiger partial charge in [0.15, 0.2) is 6.54 Å². The summed E-state index contributed by atoms with van der Waals surface area (Å²) < 4.78 is 6.99. The maximum Gasteiger partial charge on any atom is 0.314 e. The number of amides is 1. The molecule has 1 fully saturated rings. The van der Waals surface area contributed by atoms with E-state index >= 15 is 0 Å². The van der Waals surface area contributed by atoms with E-state index in [9.17, 15) is 9.59 Å². The molecule has 1 aromatic heterocycles. The molecule has 28 heavy (non-hydrogen) atoms. The maximum absolute atomic E-state index is 12.6. The summed E-state index contributed by atoms with van der Waals surface area (Å²) in [5.41, 5.74) is 3.40. The first kappa shape index (κ1) is 20.1. The second-order valence-electron chi connectivity index (χ2n) is 7.31. The SMILES string of the molecule is CCOC(=O)[C@@H]1CCC[NH+](CC(=O)Nc2c(C)nn(-c3ccccc3)c2C)C1. The van der Waals surface area contributed by atoms with Crippen LogP contribution in [0, 0.1) is 19.8 Å². The van der Waals surface area contributed by atoms with Crippen LogP contribution in [0.25, 0.3) is 5.69 Å². The number of nitrogens with one attached hydrogen (secondary N) is 2. The molecule has 7 nitrogen and oxygen atoms in total. The lowest BCUT2D eigenvalue weighted by Gasteiger charge is -2.28. The van der Waals surface area contributed by atoms with Crippen molar-refractivity contribution in [2.75, 3.05) is 31.6 Å². The van der Waals surface area contributed by atoms with Gasteiger partial charge in [-0.1, -0.05) is 18.2 Å². The number of carbonyl (C=O) groups is 2. The van der Waals surface area contributed by atoms with Crippen LogP contribution >= 0.6 is 0 Å². The minimum Gasteiger partial charge on any atom is -0.466 e. The first-order valence-corrected chi connectivity index (χ1v) is 9.91. The van der Waals surface area contributed by atoms with Crippen LogP contribution in [0.4, 0.5) is 5.69 Å². The molecule has 1 aromatic carbocycles. The van der Waals surface area contributed by atoms with E-state index in [4.69, 9.17) is 4.74 Å². The van der Waals surface area contributed by atoms with Crippen LogP contribution in [0.1, 0.15) is 31.2 Å². The van der Waals surface area contributed by atoms with Crippen LogP contribution in [0.15, 0.2) is 30.3 Å². The highest BCUT2D eigenvalue weighted by Crippen LogP contribution is 2.22. The summed E-state index contributed by atoms with van der Waals surface area (Å²) in [6.45, 7) is 7.94. The Morgan fingerprint density at radius 1 is 1.29 bits per heavy atom. The molecular formula is C21H29N4O3+. The Bertz CT molecular complexity index is 832. The minimum absolute atomic E-state index is 0.0571. The maximum atomic E-state index is 12.6. The number of rotatable bonds is 6. The number of quaternary nitrogens is 1. The third-order valence-corrected chi connectivity index (χ3v) is 5.20. The van der Waals surface area contributed by atoms with Crippen molar-refractivity contribution in [3.8, 4) is 5.69 Å². The number of hydrogen-bond acceptors (Lipinski definition) is 4. The van der Waals surface area contributed by atoms with Gasteiger partial charge in [0, 0.05) is 0 Å². The average molecular weight is 385 g/mol. The van der Waals surface area contributed by atoms with Crippen molar-refractivity contribution in [3.05, 3.63) is 41.7 Å². The molecule has 0 bridgehead atoms. The molecule has 0 radical (unpaired) electrons. The van der Waals surface area contributed by atoms with Gasteiger partial charge in [-0.15, -0.1) is 0 Å². The van der Waals surface area contributed by atoms with Gasteiger partial charge in [0.05, 0.1) is 42.5 Å². The number of benzene rings is 1. The molecule has 2 heterocycles. The number of anilines is 1. The van der Waals surface area contributed by atoms with Crippen molar-refractivity contribution in [3.63, 3.8) is 0 Å². The van der Waals surface area contributed by atoms with Gasteiger partial charge < -0.3 is 15.0 Å². The number of aromatic nitrogens is 2. The largest absolute Gasteiger partial charge is 0.466 e. The Balaban J connectivity index is 1.64. The highest BCUT2D eigenvalue weighted by molar-refractivity contribution is 5.92. The Morgan fingerprint density at radius 2 is 2.04 bits per heavy atom. The molecule has 2 atom stereocenters. The Morgan fingerprint density at radius 3 is 2.75 bits per heavy atom. The van der Waals surface area contributed by atoms with Gasteiger partial charge in [-0.05, 0) is 45.7 Å². The molecule has 1 aliphatic heterocycles. The summed E-state index contributed by atoms with van der Waals surface area (Å²) in [6.07, 6.45) is 1.77. The van der Waals surface area contributed by atoms with E-state index in [0.29, 0.717) is 19.7 Å². The number of carbonyl (C=O) groups excluding carboxylic acids is 2. The summed E-state index contributed by atoms with van der Waals surface area (Å²) in [7, 11) is 0. The van der Waals surface area contributed by atoms with Gasteiger partial charge in [0.1, 0.15) is 5.92 Å². The Hall–Kier alpha value is -2.67. The average Bonchev–Trinajstić information content (AvgIpc) is 2.97. The number of nitrogens with zero attached hydrogens (tertiary/aromatic N) is 2. The van der Waals surface area contributed by atoms with Crippen molar-refractivity contribution in [2.24, 2.45) is 5.92 Å². The molecule has 0 aliphatic carbocycles. The Kier molecular flexibility index (Phi) is 6.46. The first-order chi connectivity index (χ1) is 13.5. The van der Waals surface area contributed by atoms with Crippen LogP contribution < -0.4 is 10.2 Å². The third-order valence-electron chi connectivity index (χ3n) is 5.20. The summed E-state index contributed by atoms with van der Waals surface area (Å²) in [5.74, 6) is -0.310. The number of ether oxygens (including phenoxy) is 1. The van der Waals surface area contributed by atoms with Gasteiger partial charge in [0.2, 0.25) is 0 Å². The molecule has 7 heteroatoms. The highest BCUT2D eigenvalue weighted by atomic mass is 16.5. The number of esters is 1. The molecule has 1 unspecified atom stereocenters. The first-order valence-electron chi connectivity index (χ1n) is 9.91. The number of piperidine rings is 1. The number of hydrogen-bond donors (Lipinski definition) is 2. The lowest BCUT2D eigenvalue weighted by atomic mass is 9.98. The van der Waals surface area contributed by atoms with E-state index in [-0.39, 0.29) is 17.8 Å². The van der Waals surface area contributed by atoms with E-state index < -0.39 is 0 Å². The van der Waals surface area contributed by atoms with Crippen molar-refractivity contribution < 1.29 is 19.2 Å². The normalized spacial score (nSPS) is 19.2. The highest BCUT2D eigenvalue weighted by Gasteiger charge is 2.31. The second-order valence-corrected chi connectivity index (χ2v) is 7.31. The Labute approximate surface area is 165 Å². The zero-order valence-corrected chi connectivity index (χ0v) is 16.8. The minimum atomic E-state index is -0.143. The van der Waals surface area contributed by atoms with E-state index in [1.54, 1.807) is 0 Å².